The van der Waals surface area contributed by atoms with Crippen LogP contribution >= 0.6 is 20.7 Å². The number of rotatable bonds is 6. The summed E-state index contributed by atoms with van der Waals surface area (Å²) >= 11 is 0. The fraction of sp³-hybridized carbons (Fsp3) is 0.167. The number of benzene rings is 2. The average molecular weight is 406 g/mol. The standard InChI is InChI=1S/C18H19N3O2S3/c1-13(2)21-26(22,23)16-17(19-14-9-5-3-6-10-14)24-25-18(16)20-15-11-7-4-8-12-15/h3-13,19,21H,1-2H3. The zero-order valence-corrected chi connectivity index (χ0v) is 16.8. The lowest BCUT2D eigenvalue weighted by molar-refractivity contribution is 0.570. The molecule has 2 N–H and O–H groups in total. The molecule has 1 heterocycles. The molecule has 8 heteroatoms. The van der Waals surface area contributed by atoms with E-state index in [-0.39, 0.29) is 10.9 Å². The summed E-state index contributed by atoms with van der Waals surface area (Å²) in [5, 5.41) is 3.77. The van der Waals surface area contributed by atoms with Gasteiger partial charge in [-0.25, -0.2) is 18.1 Å². The van der Waals surface area contributed by atoms with E-state index in [1.54, 1.807) is 13.8 Å². The van der Waals surface area contributed by atoms with Crippen molar-refractivity contribution in [3.05, 3.63) is 65.3 Å². The first-order valence-electron chi connectivity index (χ1n) is 8.03. The monoisotopic (exact) mass is 405 g/mol. The SMILES string of the molecule is CC(C)NS(=O)(=O)c1c(Nc2ccccc2)ssc1=Nc1ccccc1. The Hall–Kier alpha value is -2.00. The van der Waals surface area contributed by atoms with E-state index in [0.717, 1.165) is 5.69 Å². The van der Waals surface area contributed by atoms with Crippen molar-refractivity contribution in [1.29, 1.82) is 0 Å². The molecule has 0 aliphatic rings. The van der Waals surface area contributed by atoms with Crippen molar-refractivity contribution in [1.82, 2.24) is 4.72 Å². The highest BCUT2D eigenvalue weighted by Gasteiger charge is 2.25. The Bertz CT molecular complexity index is 1020. The van der Waals surface area contributed by atoms with Crippen molar-refractivity contribution < 1.29 is 8.42 Å². The van der Waals surface area contributed by atoms with Gasteiger partial charge in [-0.2, -0.15) is 0 Å². The molecule has 5 nitrogen and oxygen atoms in total. The van der Waals surface area contributed by atoms with Crippen LogP contribution in [0.15, 0.2) is 70.6 Å². The summed E-state index contributed by atoms with van der Waals surface area (Å²) in [5.41, 5.74) is 1.54. The molecule has 0 amide bonds. The molecular formula is C18H19N3O2S3. The Morgan fingerprint density at radius 3 is 2.15 bits per heavy atom. The minimum Gasteiger partial charge on any atom is -0.345 e. The Morgan fingerprint density at radius 2 is 1.54 bits per heavy atom. The van der Waals surface area contributed by atoms with Gasteiger partial charge in [-0.1, -0.05) is 57.1 Å². The van der Waals surface area contributed by atoms with Gasteiger partial charge in [0.25, 0.3) is 0 Å². The molecule has 0 spiro atoms. The van der Waals surface area contributed by atoms with Gasteiger partial charge in [-0.3, -0.25) is 0 Å². The van der Waals surface area contributed by atoms with E-state index in [2.05, 4.69) is 15.0 Å². The molecule has 0 unspecified atom stereocenters. The Morgan fingerprint density at radius 1 is 0.923 bits per heavy atom. The molecular weight excluding hydrogens is 386 g/mol. The average Bonchev–Trinajstić information content (AvgIpc) is 2.99. The molecule has 0 atom stereocenters. The lowest BCUT2D eigenvalue weighted by Crippen LogP contribution is -2.32. The predicted molar refractivity (Wildman–Crippen MR) is 109 cm³/mol. The van der Waals surface area contributed by atoms with Crippen LogP contribution < -0.4 is 14.7 Å². The van der Waals surface area contributed by atoms with Gasteiger partial charge >= 0.3 is 0 Å². The maximum atomic E-state index is 12.9. The third-order valence-electron chi connectivity index (χ3n) is 3.28. The van der Waals surface area contributed by atoms with Crippen LogP contribution in [0.1, 0.15) is 13.8 Å². The van der Waals surface area contributed by atoms with Gasteiger partial charge < -0.3 is 5.32 Å². The Labute approximate surface area is 160 Å². The first-order chi connectivity index (χ1) is 12.5. The Kier molecular flexibility index (Phi) is 5.87. The van der Waals surface area contributed by atoms with Crippen molar-refractivity contribution in [3.63, 3.8) is 0 Å². The second-order valence-electron chi connectivity index (χ2n) is 5.84. The first-order valence-corrected chi connectivity index (χ1v) is 11.7. The van der Waals surface area contributed by atoms with E-state index < -0.39 is 10.0 Å². The second kappa shape index (κ2) is 8.13. The minimum atomic E-state index is -3.70. The molecule has 0 fully saturated rings. The molecule has 0 bridgehead atoms. The number of para-hydroxylation sites is 2. The van der Waals surface area contributed by atoms with E-state index in [4.69, 9.17) is 0 Å². The molecule has 0 saturated heterocycles. The van der Waals surface area contributed by atoms with Gasteiger partial charge in [-0.15, -0.1) is 0 Å². The van der Waals surface area contributed by atoms with Gasteiger partial charge in [0.05, 0.1) is 5.69 Å². The maximum Gasteiger partial charge on any atom is 0.246 e. The molecule has 3 aromatic rings. The predicted octanol–water partition coefficient (Wildman–Crippen LogP) is 4.47. The molecule has 136 valence electrons. The highest BCUT2D eigenvalue weighted by Crippen LogP contribution is 2.31. The number of hydrogen-bond acceptors (Lipinski definition) is 6. The van der Waals surface area contributed by atoms with Crippen LogP contribution in [0, 0.1) is 0 Å². The number of nitrogens with one attached hydrogen (secondary N) is 2. The quantitative estimate of drug-likeness (QED) is 0.594. The number of hydrogen-bond donors (Lipinski definition) is 2. The van der Waals surface area contributed by atoms with Crippen molar-refractivity contribution in [2.24, 2.45) is 4.99 Å². The third-order valence-corrected chi connectivity index (χ3v) is 7.49. The van der Waals surface area contributed by atoms with E-state index in [0.29, 0.717) is 15.4 Å². The zero-order chi connectivity index (χ0) is 18.6. The smallest absolute Gasteiger partial charge is 0.246 e. The van der Waals surface area contributed by atoms with Gasteiger partial charge in [0.15, 0.2) is 4.90 Å². The topological polar surface area (TPSA) is 70.6 Å². The third kappa shape index (κ3) is 4.59. The Balaban J connectivity index is 2.12. The first kappa shape index (κ1) is 18.8. The molecule has 0 saturated carbocycles. The molecule has 2 aromatic carbocycles. The normalized spacial score (nSPS) is 12.5. The lowest BCUT2D eigenvalue weighted by atomic mass is 10.3. The highest BCUT2D eigenvalue weighted by molar-refractivity contribution is 7.90. The summed E-state index contributed by atoms with van der Waals surface area (Å²) in [4.78, 5) is 4.74. The molecule has 0 aliphatic carbocycles. The van der Waals surface area contributed by atoms with Crippen molar-refractivity contribution in [2.75, 3.05) is 5.32 Å². The van der Waals surface area contributed by atoms with E-state index in [1.165, 1.54) is 20.7 Å². The van der Waals surface area contributed by atoms with Crippen molar-refractivity contribution in [3.8, 4) is 0 Å². The molecule has 1 aromatic heterocycles. The summed E-state index contributed by atoms with van der Waals surface area (Å²) in [6.45, 7) is 3.59. The molecule has 0 radical (unpaired) electrons. The van der Waals surface area contributed by atoms with Crippen LogP contribution in [0.3, 0.4) is 0 Å². The van der Waals surface area contributed by atoms with Crippen LogP contribution in [-0.4, -0.2) is 14.5 Å². The van der Waals surface area contributed by atoms with Crippen LogP contribution in [0.4, 0.5) is 16.4 Å². The largest absolute Gasteiger partial charge is 0.345 e. The van der Waals surface area contributed by atoms with Gasteiger partial charge in [0.2, 0.25) is 10.0 Å². The maximum absolute atomic E-state index is 12.9. The van der Waals surface area contributed by atoms with Crippen LogP contribution in [0.2, 0.25) is 0 Å². The van der Waals surface area contributed by atoms with Gasteiger partial charge in [0, 0.05) is 11.7 Å². The van der Waals surface area contributed by atoms with E-state index in [9.17, 15) is 8.42 Å². The lowest BCUT2D eigenvalue weighted by Gasteiger charge is -2.11. The van der Waals surface area contributed by atoms with Gasteiger partial charge in [-0.05, 0) is 38.1 Å². The molecule has 3 rings (SSSR count). The summed E-state index contributed by atoms with van der Waals surface area (Å²) < 4.78 is 29.0. The summed E-state index contributed by atoms with van der Waals surface area (Å²) in [6, 6.07) is 18.6. The fourth-order valence-electron chi connectivity index (χ4n) is 2.28. The zero-order valence-electron chi connectivity index (χ0n) is 14.3. The van der Waals surface area contributed by atoms with Crippen LogP contribution in [-0.2, 0) is 10.0 Å². The van der Waals surface area contributed by atoms with Crippen molar-refractivity contribution >= 4 is 47.1 Å². The van der Waals surface area contributed by atoms with E-state index >= 15 is 0 Å². The number of nitrogens with zero attached hydrogens (tertiary/aromatic N) is 1. The van der Waals surface area contributed by atoms with Crippen LogP contribution in [0.5, 0.6) is 0 Å². The molecule has 0 aliphatic heterocycles. The summed E-state index contributed by atoms with van der Waals surface area (Å²) in [6.07, 6.45) is 0. The minimum absolute atomic E-state index is 0.189. The number of sulfonamides is 1. The van der Waals surface area contributed by atoms with Crippen molar-refractivity contribution in [2.45, 2.75) is 24.8 Å². The van der Waals surface area contributed by atoms with Gasteiger partial charge in [0.1, 0.15) is 9.67 Å². The van der Waals surface area contributed by atoms with Crippen LogP contribution in [0.25, 0.3) is 0 Å². The fourth-order valence-corrected chi connectivity index (χ4v) is 6.92. The number of anilines is 2. The second-order valence-corrected chi connectivity index (χ2v) is 9.62. The summed E-state index contributed by atoms with van der Waals surface area (Å²) in [5.74, 6) is 0. The highest BCUT2D eigenvalue weighted by atomic mass is 32.9. The molecule has 26 heavy (non-hydrogen) atoms. The summed E-state index contributed by atoms with van der Waals surface area (Å²) in [7, 11) is -1.00. The van der Waals surface area contributed by atoms with E-state index in [1.807, 2.05) is 60.7 Å².